The quantitative estimate of drug-likeness (QED) is 0.365. The Morgan fingerprint density at radius 1 is 1.24 bits per heavy atom. The van der Waals surface area contributed by atoms with Crippen molar-refractivity contribution in [1.82, 2.24) is 10.6 Å². The molecule has 3 N–H and O–H groups in total. The average molecular weight is 362 g/mol. The van der Waals surface area contributed by atoms with E-state index in [1.165, 1.54) is 0 Å². The molecule has 0 aliphatic carbocycles. The molecule has 1 atom stereocenters. The van der Waals surface area contributed by atoms with E-state index in [1.54, 1.807) is 18.3 Å². The standard InChI is InChI=1S/C19H27N3O2S/c1-3-20-18(22-15-19(2,23)17-9-12-25-14-17)21-10-11-24-13-16-7-5-4-6-8-16/h4-9,12,14,23H,3,10-11,13,15H2,1-2H3,(H2,20,21,22). The summed E-state index contributed by atoms with van der Waals surface area (Å²) >= 11 is 1.57. The molecular weight excluding hydrogens is 334 g/mol. The van der Waals surface area contributed by atoms with Crippen LogP contribution in [0.15, 0.2) is 52.2 Å². The lowest BCUT2D eigenvalue weighted by Crippen LogP contribution is -2.40. The number of aliphatic imine (C=N–C) groups is 1. The van der Waals surface area contributed by atoms with Crippen molar-refractivity contribution in [3.63, 3.8) is 0 Å². The molecule has 0 bridgehead atoms. The first-order valence-corrected chi connectivity index (χ1v) is 9.45. The third-order valence-corrected chi connectivity index (χ3v) is 4.37. The SMILES string of the molecule is CCNC(=NCC(C)(O)c1ccsc1)NCCOCc1ccccc1. The van der Waals surface area contributed by atoms with Gasteiger partial charge in [-0.05, 0) is 41.8 Å². The fourth-order valence-electron chi connectivity index (χ4n) is 2.24. The van der Waals surface area contributed by atoms with Crippen LogP contribution >= 0.6 is 11.3 Å². The zero-order valence-corrected chi connectivity index (χ0v) is 15.7. The molecule has 0 aliphatic rings. The molecule has 1 unspecified atom stereocenters. The predicted octanol–water partition coefficient (Wildman–Crippen LogP) is 2.73. The molecule has 2 rings (SSSR count). The summed E-state index contributed by atoms with van der Waals surface area (Å²) in [5.41, 5.74) is 1.09. The molecule has 1 aromatic heterocycles. The van der Waals surface area contributed by atoms with E-state index in [0.29, 0.717) is 32.3 Å². The van der Waals surface area contributed by atoms with Gasteiger partial charge in [0.15, 0.2) is 5.96 Å². The Bertz CT molecular complexity index is 627. The molecule has 0 radical (unpaired) electrons. The second-order valence-electron chi connectivity index (χ2n) is 5.95. The fourth-order valence-corrected chi connectivity index (χ4v) is 3.03. The third kappa shape index (κ3) is 6.86. The van der Waals surface area contributed by atoms with E-state index in [4.69, 9.17) is 4.74 Å². The normalized spacial score (nSPS) is 14.1. The molecule has 25 heavy (non-hydrogen) atoms. The van der Waals surface area contributed by atoms with E-state index in [9.17, 15) is 5.11 Å². The van der Waals surface area contributed by atoms with Gasteiger partial charge in [0.25, 0.3) is 0 Å². The number of aliphatic hydroxyl groups is 1. The number of thiophene rings is 1. The Balaban J connectivity index is 1.75. The maximum Gasteiger partial charge on any atom is 0.191 e. The summed E-state index contributed by atoms with van der Waals surface area (Å²) in [6.45, 7) is 6.69. The van der Waals surface area contributed by atoms with Crippen molar-refractivity contribution in [3.8, 4) is 0 Å². The number of nitrogens with one attached hydrogen (secondary N) is 2. The van der Waals surface area contributed by atoms with E-state index < -0.39 is 5.60 Å². The highest BCUT2D eigenvalue weighted by Crippen LogP contribution is 2.23. The number of guanidine groups is 1. The number of hydrogen-bond acceptors (Lipinski definition) is 4. The maximum atomic E-state index is 10.5. The van der Waals surface area contributed by atoms with Crippen LogP contribution in [0.25, 0.3) is 0 Å². The van der Waals surface area contributed by atoms with E-state index in [-0.39, 0.29) is 0 Å². The van der Waals surface area contributed by atoms with Gasteiger partial charge in [0.05, 0.1) is 19.8 Å². The van der Waals surface area contributed by atoms with E-state index >= 15 is 0 Å². The summed E-state index contributed by atoms with van der Waals surface area (Å²) in [5, 5.41) is 20.9. The Kier molecular flexibility index (Phi) is 7.91. The van der Waals surface area contributed by atoms with Crippen molar-refractivity contribution in [2.24, 2.45) is 4.99 Å². The molecule has 2 aromatic rings. The molecule has 0 saturated heterocycles. The first kappa shape index (κ1) is 19.4. The summed E-state index contributed by atoms with van der Waals surface area (Å²) in [5.74, 6) is 0.682. The van der Waals surface area contributed by atoms with Crippen LogP contribution in [0.4, 0.5) is 0 Å². The molecule has 1 aromatic carbocycles. The van der Waals surface area contributed by atoms with Crippen LogP contribution in [0.5, 0.6) is 0 Å². The van der Waals surface area contributed by atoms with E-state index in [0.717, 1.165) is 17.7 Å². The molecule has 0 amide bonds. The predicted molar refractivity (Wildman–Crippen MR) is 104 cm³/mol. The molecule has 0 aliphatic heterocycles. The molecular formula is C19H27N3O2S. The van der Waals surface area contributed by atoms with Crippen molar-refractivity contribution in [3.05, 3.63) is 58.3 Å². The van der Waals surface area contributed by atoms with Gasteiger partial charge in [-0.15, -0.1) is 0 Å². The smallest absolute Gasteiger partial charge is 0.191 e. The van der Waals surface area contributed by atoms with Crippen LogP contribution in [0.1, 0.15) is 25.0 Å². The molecule has 1 heterocycles. The van der Waals surface area contributed by atoms with Crippen LogP contribution in [0.2, 0.25) is 0 Å². The summed E-state index contributed by atoms with van der Waals surface area (Å²) in [6.07, 6.45) is 0. The van der Waals surface area contributed by atoms with Crippen LogP contribution in [0.3, 0.4) is 0 Å². The number of hydrogen-bond donors (Lipinski definition) is 3. The van der Waals surface area contributed by atoms with Crippen molar-refractivity contribution in [2.45, 2.75) is 26.1 Å². The van der Waals surface area contributed by atoms with Crippen molar-refractivity contribution >= 4 is 17.3 Å². The second-order valence-corrected chi connectivity index (χ2v) is 6.73. The summed E-state index contributed by atoms with van der Waals surface area (Å²) in [6, 6.07) is 12.0. The van der Waals surface area contributed by atoms with Crippen molar-refractivity contribution in [2.75, 3.05) is 26.2 Å². The first-order chi connectivity index (χ1) is 12.1. The Hall–Kier alpha value is -1.89. The molecule has 0 spiro atoms. The van der Waals surface area contributed by atoms with Crippen LogP contribution in [0, 0.1) is 0 Å². The van der Waals surface area contributed by atoms with Gasteiger partial charge < -0.3 is 20.5 Å². The van der Waals surface area contributed by atoms with Gasteiger partial charge in [-0.1, -0.05) is 30.3 Å². The maximum absolute atomic E-state index is 10.5. The van der Waals surface area contributed by atoms with Gasteiger partial charge in [-0.3, -0.25) is 0 Å². The van der Waals surface area contributed by atoms with Gasteiger partial charge in [-0.25, -0.2) is 4.99 Å². The highest BCUT2D eigenvalue weighted by molar-refractivity contribution is 7.08. The summed E-state index contributed by atoms with van der Waals surface area (Å²) < 4.78 is 5.66. The number of rotatable bonds is 9. The Morgan fingerprint density at radius 2 is 2.04 bits per heavy atom. The fraction of sp³-hybridized carbons (Fsp3) is 0.421. The summed E-state index contributed by atoms with van der Waals surface area (Å²) in [4.78, 5) is 4.49. The van der Waals surface area contributed by atoms with Crippen LogP contribution in [-0.4, -0.2) is 37.3 Å². The lowest BCUT2D eigenvalue weighted by atomic mass is 10.00. The first-order valence-electron chi connectivity index (χ1n) is 8.50. The molecule has 0 saturated carbocycles. The minimum atomic E-state index is -0.966. The van der Waals surface area contributed by atoms with E-state index in [2.05, 4.69) is 15.6 Å². The number of ether oxygens (including phenoxy) is 1. The average Bonchev–Trinajstić information content (AvgIpc) is 3.16. The number of nitrogens with zero attached hydrogens (tertiary/aromatic N) is 1. The molecule has 5 nitrogen and oxygen atoms in total. The van der Waals surface area contributed by atoms with Gasteiger partial charge in [0.2, 0.25) is 0 Å². The minimum Gasteiger partial charge on any atom is -0.383 e. The zero-order valence-electron chi connectivity index (χ0n) is 14.9. The molecule has 0 fully saturated rings. The Morgan fingerprint density at radius 3 is 2.72 bits per heavy atom. The lowest BCUT2D eigenvalue weighted by Gasteiger charge is -2.21. The second kappa shape index (κ2) is 10.2. The molecule has 6 heteroatoms. The van der Waals surface area contributed by atoms with Crippen molar-refractivity contribution in [1.29, 1.82) is 0 Å². The topological polar surface area (TPSA) is 65.9 Å². The third-order valence-electron chi connectivity index (χ3n) is 3.68. The largest absolute Gasteiger partial charge is 0.383 e. The van der Waals surface area contributed by atoms with Crippen LogP contribution < -0.4 is 10.6 Å². The van der Waals surface area contributed by atoms with Crippen molar-refractivity contribution < 1.29 is 9.84 Å². The monoisotopic (exact) mass is 361 g/mol. The Labute approximate surface area is 153 Å². The minimum absolute atomic E-state index is 0.296. The highest BCUT2D eigenvalue weighted by Gasteiger charge is 2.23. The highest BCUT2D eigenvalue weighted by atomic mass is 32.1. The van der Waals surface area contributed by atoms with Gasteiger partial charge in [0.1, 0.15) is 5.60 Å². The lowest BCUT2D eigenvalue weighted by molar-refractivity contribution is 0.0677. The molecule has 136 valence electrons. The summed E-state index contributed by atoms with van der Waals surface area (Å²) in [7, 11) is 0. The van der Waals surface area contributed by atoms with Gasteiger partial charge in [-0.2, -0.15) is 11.3 Å². The van der Waals surface area contributed by atoms with Crippen LogP contribution in [-0.2, 0) is 16.9 Å². The zero-order chi connectivity index (χ0) is 18.0. The number of benzene rings is 1. The van der Waals surface area contributed by atoms with E-state index in [1.807, 2.05) is 54.1 Å². The van der Waals surface area contributed by atoms with Gasteiger partial charge in [0, 0.05) is 13.1 Å². The van der Waals surface area contributed by atoms with Gasteiger partial charge >= 0.3 is 0 Å².